The lowest BCUT2D eigenvalue weighted by Crippen LogP contribution is -2.60. The summed E-state index contributed by atoms with van der Waals surface area (Å²) in [4.78, 5) is 27.2. The molecule has 4 fully saturated rings. The lowest BCUT2D eigenvalue weighted by Gasteiger charge is -2.56. The van der Waals surface area contributed by atoms with Crippen LogP contribution in [0.3, 0.4) is 0 Å². The van der Waals surface area contributed by atoms with Gasteiger partial charge in [0.2, 0.25) is 5.91 Å². The fourth-order valence-electron chi connectivity index (χ4n) is 5.79. The van der Waals surface area contributed by atoms with Gasteiger partial charge in [-0.2, -0.15) is 0 Å². The van der Waals surface area contributed by atoms with E-state index in [4.69, 9.17) is 4.42 Å². The van der Waals surface area contributed by atoms with Crippen molar-refractivity contribution in [3.8, 4) is 0 Å². The molecule has 27 heavy (non-hydrogen) atoms. The SMILES string of the molecule is O=C(CSc1nc2cc([N+](=O)[O-])ccc2o1)NC12CC3CC(CC(C3)C1)C2. The zero-order valence-electron chi connectivity index (χ0n) is 14.8. The maximum atomic E-state index is 12.6. The number of nitro groups is 1. The minimum atomic E-state index is -0.458. The Morgan fingerprint density at radius 2 is 1.93 bits per heavy atom. The number of hydrogen-bond donors (Lipinski definition) is 1. The number of non-ortho nitro benzene ring substituents is 1. The summed E-state index contributed by atoms with van der Waals surface area (Å²) in [5.74, 6) is 2.64. The second-order valence-corrected chi connectivity index (χ2v) is 9.35. The molecule has 1 N–H and O–H groups in total. The van der Waals surface area contributed by atoms with E-state index >= 15 is 0 Å². The molecule has 0 spiro atoms. The summed E-state index contributed by atoms with van der Waals surface area (Å²) < 4.78 is 5.60. The number of carbonyl (C=O) groups is 1. The van der Waals surface area contributed by atoms with Crippen molar-refractivity contribution in [1.82, 2.24) is 10.3 Å². The Balaban J connectivity index is 1.23. The molecule has 6 rings (SSSR count). The van der Waals surface area contributed by atoms with E-state index < -0.39 is 4.92 Å². The first kappa shape index (κ1) is 17.0. The average Bonchev–Trinajstić information content (AvgIpc) is 3.00. The first-order valence-electron chi connectivity index (χ1n) is 9.47. The van der Waals surface area contributed by atoms with Gasteiger partial charge in [0.05, 0.1) is 10.7 Å². The molecule has 1 amide bonds. The van der Waals surface area contributed by atoms with Crippen molar-refractivity contribution < 1.29 is 14.1 Å². The quantitative estimate of drug-likeness (QED) is 0.474. The van der Waals surface area contributed by atoms with Crippen molar-refractivity contribution in [3.63, 3.8) is 0 Å². The minimum Gasteiger partial charge on any atom is -0.431 e. The largest absolute Gasteiger partial charge is 0.431 e. The van der Waals surface area contributed by atoms with E-state index in [1.807, 2.05) is 0 Å². The third-order valence-electron chi connectivity index (χ3n) is 6.33. The molecule has 4 aliphatic rings. The normalized spacial score (nSPS) is 31.3. The second kappa shape index (κ2) is 6.22. The molecule has 142 valence electrons. The number of nitro benzene ring substituents is 1. The third-order valence-corrected chi connectivity index (χ3v) is 7.16. The molecule has 4 bridgehead atoms. The summed E-state index contributed by atoms with van der Waals surface area (Å²) in [5.41, 5.74) is 0.915. The summed E-state index contributed by atoms with van der Waals surface area (Å²) in [6.07, 6.45) is 7.42. The van der Waals surface area contributed by atoms with Crippen LogP contribution in [0.1, 0.15) is 38.5 Å². The second-order valence-electron chi connectivity index (χ2n) is 8.42. The van der Waals surface area contributed by atoms with Gasteiger partial charge in [0, 0.05) is 17.7 Å². The van der Waals surface area contributed by atoms with E-state index in [2.05, 4.69) is 10.3 Å². The topological polar surface area (TPSA) is 98.3 Å². The fraction of sp³-hybridized carbons (Fsp3) is 0.579. The highest BCUT2D eigenvalue weighted by atomic mass is 32.2. The van der Waals surface area contributed by atoms with Gasteiger partial charge in [0.25, 0.3) is 10.9 Å². The summed E-state index contributed by atoms with van der Waals surface area (Å²) in [6, 6.07) is 4.32. The van der Waals surface area contributed by atoms with E-state index in [9.17, 15) is 14.9 Å². The predicted molar refractivity (Wildman–Crippen MR) is 100 cm³/mol. The van der Waals surface area contributed by atoms with Gasteiger partial charge >= 0.3 is 0 Å². The lowest BCUT2D eigenvalue weighted by molar-refractivity contribution is -0.384. The van der Waals surface area contributed by atoms with Crippen LogP contribution in [0.4, 0.5) is 5.69 Å². The molecule has 4 aliphatic carbocycles. The Bertz CT molecular complexity index is 890. The number of aromatic nitrogens is 1. The Labute approximate surface area is 160 Å². The fourth-order valence-corrected chi connectivity index (χ4v) is 6.43. The zero-order chi connectivity index (χ0) is 18.6. The van der Waals surface area contributed by atoms with E-state index in [-0.39, 0.29) is 22.9 Å². The van der Waals surface area contributed by atoms with Crippen molar-refractivity contribution in [2.24, 2.45) is 17.8 Å². The summed E-state index contributed by atoms with van der Waals surface area (Å²) in [7, 11) is 0. The van der Waals surface area contributed by atoms with Crippen LogP contribution in [0.2, 0.25) is 0 Å². The molecule has 1 aromatic carbocycles. The molecule has 1 aromatic heterocycles. The van der Waals surface area contributed by atoms with E-state index in [0.29, 0.717) is 16.3 Å². The molecule has 0 saturated heterocycles. The number of rotatable bonds is 5. The number of thioether (sulfide) groups is 1. The Morgan fingerprint density at radius 1 is 1.26 bits per heavy atom. The molecular weight excluding hydrogens is 366 g/mol. The van der Waals surface area contributed by atoms with Gasteiger partial charge < -0.3 is 9.73 Å². The number of carbonyl (C=O) groups excluding carboxylic acids is 1. The molecule has 0 radical (unpaired) electrons. The maximum Gasteiger partial charge on any atom is 0.271 e. The van der Waals surface area contributed by atoms with Crippen molar-refractivity contribution in [1.29, 1.82) is 0 Å². The first-order valence-corrected chi connectivity index (χ1v) is 10.5. The van der Waals surface area contributed by atoms with Gasteiger partial charge in [0.1, 0.15) is 5.52 Å². The Kier molecular flexibility index (Phi) is 3.93. The van der Waals surface area contributed by atoms with Crippen LogP contribution < -0.4 is 5.32 Å². The Morgan fingerprint density at radius 3 is 2.56 bits per heavy atom. The van der Waals surface area contributed by atoms with Gasteiger partial charge in [-0.05, 0) is 62.3 Å². The first-order chi connectivity index (χ1) is 13.0. The van der Waals surface area contributed by atoms with Crippen LogP contribution in [0.5, 0.6) is 0 Å². The highest BCUT2D eigenvalue weighted by Crippen LogP contribution is 2.55. The van der Waals surface area contributed by atoms with Crippen molar-refractivity contribution >= 4 is 34.5 Å². The number of nitrogens with zero attached hydrogens (tertiary/aromatic N) is 2. The minimum absolute atomic E-state index is 0.00825. The van der Waals surface area contributed by atoms with Crippen LogP contribution in [-0.2, 0) is 4.79 Å². The molecule has 7 nitrogen and oxygen atoms in total. The molecule has 0 atom stereocenters. The lowest BCUT2D eigenvalue weighted by atomic mass is 9.53. The molecule has 0 unspecified atom stereocenters. The number of oxazole rings is 1. The van der Waals surface area contributed by atoms with Gasteiger partial charge in [-0.15, -0.1) is 0 Å². The number of amides is 1. The van der Waals surface area contributed by atoms with Gasteiger partial charge in [-0.3, -0.25) is 14.9 Å². The Hall–Kier alpha value is -2.09. The highest BCUT2D eigenvalue weighted by Gasteiger charge is 2.51. The maximum absolute atomic E-state index is 12.6. The van der Waals surface area contributed by atoms with Gasteiger partial charge in [0.15, 0.2) is 5.58 Å². The predicted octanol–water partition coefficient (Wildman–Crippen LogP) is 3.91. The number of nitrogens with one attached hydrogen (secondary N) is 1. The molecule has 4 saturated carbocycles. The van der Waals surface area contributed by atoms with E-state index in [0.717, 1.165) is 37.0 Å². The number of fused-ring (bicyclic) bond motifs is 1. The van der Waals surface area contributed by atoms with Crippen molar-refractivity contribution in [3.05, 3.63) is 28.3 Å². The zero-order valence-corrected chi connectivity index (χ0v) is 15.7. The monoisotopic (exact) mass is 387 g/mol. The van der Waals surface area contributed by atoms with Crippen LogP contribution in [-0.4, -0.2) is 27.1 Å². The standard InChI is InChI=1S/C19H21N3O4S/c23-17(21-19-7-11-3-12(8-19)5-13(4-11)9-19)10-27-18-20-15-6-14(22(24)25)1-2-16(15)26-18/h1-2,6,11-13H,3-5,7-10H2,(H,21,23). The molecule has 2 aromatic rings. The van der Waals surface area contributed by atoms with Crippen molar-refractivity contribution in [2.75, 3.05) is 5.75 Å². The molecule has 1 heterocycles. The smallest absolute Gasteiger partial charge is 0.271 e. The molecule has 0 aliphatic heterocycles. The van der Waals surface area contributed by atoms with Gasteiger partial charge in [-0.1, -0.05) is 11.8 Å². The third kappa shape index (κ3) is 3.20. The van der Waals surface area contributed by atoms with E-state index in [1.165, 1.54) is 43.2 Å². The molecule has 8 heteroatoms. The van der Waals surface area contributed by atoms with Crippen LogP contribution in [0.25, 0.3) is 11.1 Å². The van der Waals surface area contributed by atoms with E-state index in [1.54, 1.807) is 6.07 Å². The molecular formula is C19H21N3O4S. The van der Waals surface area contributed by atoms with Crippen LogP contribution >= 0.6 is 11.8 Å². The number of benzene rings is 1. The van der Waals surface area contributed by atoms with Crippen molar-refractivity contribution in [2.45, 2.75) is 49.3 Å². The number of hydrogen-bond acceptors (Lipinski definition) is 6. The van der Waals surface area contributed by atoms with Crippen LogP contribution in [0, 0.1) is 27.9 Å². The summed E-state index contributed by atoms with van der Waals surface area (Å²) in [5, 5.41) is 14.6. The summed E-state index contributed by atoms with van der Waals surface area (Å²) >= 11 is 1.24. The average molecular weight is 387 g/mol. The van der Waals surface area contributed by atoms with Crippen LogP contribution in [0.15, 0.2) is 27.8 Å². The highest BCUT2D eigenvalue weighted by molar-refractivity contribution is 7.99. The summed E-state index contributed by atoms with van der Waals surface area (Å²) in [6.45, 7) is 0. The van der Waals surface area contributed by atoms with Gasteiger partial charge in [-0.25, -0.2) is 4.98 Å².